The van der Waals surface area contributed by atoms with E-state index < -0.39 is 5.82 Å². The molecular weight excluding hydrogens is 419 g/mol. The molecule has 4 rings (SSSR count). The fraction of sp³-hybridized carbons (Fsp3) is 0.320. The normalized spacial score (nSPS) is 15.9. The first-order valence-electron chi connectivity index (χ1n) is 11.1. The number of imidazole rings is 1. The number of benzene rings is 1. The average Bonchev–Trinajstić information content (AvgIpc) is 3.21. The molecule has 1 aromatic carbocycles. The first-order valence-corrected chi connectivity index (χ1v) is 11.1. The molecule has 3 heterocycles. The summed E-state index contributed by atoms with van der Waals surface area (Å²) in [5, 5.41) is 19.4. The lowest BCUT2D eigenvalue weighted by Crippen LogP contribution is -2.47. The minimum atomic E-state index is -0.415. The summed E-state index contributed by atoms with van der Waals surface area (Å²) in [6.45, 7) is 14.7. The topological polar surface area (TPSA) is 68.7 Å². The molecule has 172 valence electrons. The maximum Gasteiger partial charge on any atom is 0.173 e. The Labute approximate surface area is 193 Å². The van der Waals surface area contributed by atoms with Gasteiger partial charge < -0.3 is 19.3 Å². The van der Waals surface area contributed by atoms with Crippen LogP contribution in [0, 0.1) is 12.7 Å². The van der Waals surface area contributed by atoms with Crippen molar-refractivity contribution in [2.24, 2.45) is 10.2 Å². The van der Waals surface area contributed by atoms with Crippen LogP contribution in [0.1, 0.15) is 25.1 Å². The molecule has 0 amide bonds. The van der Waals surface area contributed by atoms with Crippen molar-refractivity contribution >= 4 is 17.2 Å². The summed E-state index contributed by atoms with van der Waals surface area (Å²) in [7, 11) is 0. The maximum atomic E-state index is 14.5. The van der Waals surface area contributed by atoms with E-state index in [9.17, 15) is 9.50 Å². The number of allylic oxidation sites excluding steroid dienone is 1. The van der Waals surface area contributed by atoms with Gasteiger partial charge >= 0.3 is 0 Å². The van der Waals surface area contributed by atoms with E-state index in [4.69, 9.17) is 0 Å². The smallest absolute Gasteiger partial charge is 0.173 e. The maximum absolute atomic E-state index is 14.5. The van der Waals surface area contributed by atoms with Gasteiger partial charge in [-0.3, -0.25) is 0 Å². The molecule has 3 aromatic rings. The molecule has 0 atom stereocenters. The Bertz CT molecular complexity index is 1240. The van der Waals surface area contributed by atoms with Gasteiger partial charge in [-0.2, -0.15) is 0 Å². The lowest BCUT2D eigenvalue weighted by molar-refractivity contribution is 0.189. The molecule has 0 spiro atoms. The Balaban J connectivity index is 1.58. The Kier molecular flexibility index (Phi) is 6.55. The van der Waals surface area contributed by atoms with Gasteiger partial charge in [0.2, 0.25) is 0 Å². The number of rotatable bonds is 5. The number of likely N-dealkylation sites (N-methyl/N-ethyl adjacent to an activating group) is 1. The first kappa shape index (κ1) is 22.7. The van der Waals surface area contributed by atoms with E-state index in [1.165, 1.54) is 6.07 Å². The number of phenols is 1. The highest BCUT2D eigenvalue weighted by Gasteiger charge is 2.16. The second-order valence-corrected chi connectivity index (χ2v) is 8.18. The quantitative estimate of drug-likeness (QED) is 0.363. The van der Waals surface area contributed by atoms with Gasteiger partial charge in [-0.25, -0.2) is 9.37 Å². The van der Waals surface area contributed by atoms with Gasteiger partial charge in [0, 0.05) is 49.7 Å². The lowest BCUT2D eigenvalue weighted by atomic mass is 10.0. The molecule has 1 saturated heterocycles. The summed E-state index contributed by atoms with van der Waals surface area (Å²) in [5.74, 6) is 0.445. The minimum Gasteiger partial charge on any atom is -0.507 e. The van der Waals surface area contributed by atoms with Crippen LogP contribution in [-0.2, 0) is 0 Å². The molecule has 0 unspecified atom stereocenters. The van der Waals surface area contributed by atoms with Crippen LogP contribution in [0.25, 0.3) is 16.8 Å². The Morgan fingerprint density at radius 2 is 1.91 bits per heavy atom. The lowest BCUT2D eigenvalue weighted by Gasteiger charge is -2.34. The van der Waals surface area contributed by atoms with Gasteiger partial charge in [0.15, 0.2) is 11.5 Å². The fourth-order valence-corrected chi connectivity index (χ4v) is 4.05. The average molecular weight is 449 g/mol. The fourth-order valence-electron chi connectivity index (χ4n) is 4.05. The molecule has 1 N–H and O–H groups in total. The summed E-state index contributed by atoms with van der Waals surface area (Å²) in [6, 6.07) is 6.58. The number of halogens is 1. The van der Waals surface area contributed by atoms with E-state index in [2.05, 4.69) is 38.5 Å². The van der Waals surface area contributed by atoms with Gasteiger partial charge in [-0.15, -0.1) is 10.2 Å². The highest BCUT2D eigenvalue weighted by atomic mass is 19.1. The van der Waals surface area contributed by atoms with Crippen molar-refractivity contribution in [2.75, 3.05) is 32.7 Å². The zero-order valence-electron chi connectivity index (χ0n) is 19.3. The molecule has 8 heteroatoms. The van der Waals surface area contributed by atoms with Crippen molar-refractivity contribution in [2.45, 2.75) is 20.8 Å². The Hall–Kier alpha value is -3.52. The molecule has 7 nitrogen and oxygen atoms in total. The summed E-state index contributed by atoms with van der Waals surface area (Å²) in [5.41, 5.74) is 3.32. The first-order chi connectivity index (χ1) is 15.9. The zero-order chi connectivity index (χ0) is 23.5. The van der Waals surface area contributed by atoms with Gasteiger partial charge in [0.25, 0.3) is 0 Å². The van der Waals surface area contributed by atoms with Gasteiger partial charge in [-0.1, -0.05) is 19.6 Å². The number of aryl methyl sites for hydroxylation is 1. The van der Waals surface area contributed by atoms with Gasteiger partial charge in [-0.05, 0) is 50.2 Å². The number of nitrogens with zero attached hydrogens (tertiary/aromatic N) is 6. The summed E-state index contributed by atoms with van der Waals surface area (Å²) in [4.78, 5) is 8.80. The number of hydrogen-bond donors (Lipinski definition) is 1. The number of amidine groups is 1. The third-order valence-electron chi connectivity index (χ3n) is 6.01. The second kappa shape index (κ2) is 9.54. The predicted octanol–water partition coefficient (Wildman–Crippen LogP) is 4.10. The molecule has 0 radical (unpaired) electrons. The highest BCUT2D eigenvalue weighted by molar-refractivity contribution is 6.10. The molecule has 33 heavy (non-hydrogen) atoms. The molecular formula is C25H29FN6O. The molecule has 2 aromatic heterocycles. The molecule has 1 aliphatic rings. The van der Waals surface area contributed by atoms with E-state index in [1.807, 2.05) is 19.9 Å². The van der Waals surface area contributed by atoms with Crippen LogP contribution >= 0.6 is 0 Å². The van der Waals surface area contributed by atoms with Crippen LogP contribution in [0.3, 0.4) is 0 Å². The number of piperazine rings is 1. The van der Waals surface area contributed by atoms with Crippen LogP contribution in [0.4, 0.5) is 4.39 Å². The van der Waals surface area contributed by atoms with Crippen molar-refractivity contribution < 1.29 is 9.50 Å². The molecule has 1 aliphatic heterocycles. The Morgan fingerprint density at radius 3 is 2.58 bits per heavy atom. The third-order valence-corrected chi connectivity index (χ3v) is 6.01. The van der Waals surface area contributed by atoms with Gasteiger partial charge in [0.1, 0.15) is 11.6 Å². The number of aromatic hydroxyl groups is 1. The molecule has 0 saturated carbocycles. The SMILES string of the molecule is C=C/C(=N\N=C(/C)N1CCN(CC)CC1)c1ccc(-c2cc(F)c3nc(C)cn3c2)cc1O. The van der Waals surface area contributed by atoms with Crippen molar-refractivity contribution in [1.29, 1.82) is 0 Å². The van der Waals surface area contributed by atoms with E-state index in [0.717, 1.165) is 44.3 Å². The van der Waals surface area contributed by atoms with E-state index >= 15 is 0 Å². The standard InChI is InChI=1S/C25H29FN6O/c1-5-23(29-28-18(4)31-11-9-30(6-2)10-12-31)21-8-7-19(14-24(21)33)20-13-22(26)25-27-17(3)15-32(25)16-20/h5,7-8,13-16,33H,1,6,9-12H2,2-4H3/b28-18+,29-23+. The summed E-state index contributed by atoms with van der Waals surface area (Å²) < 4.78 is 16.1. The van der Waals surface area contributed by atoms with Crippen LogP contribution in [0.15, 0.2) is 59.5 Å². The van der Waals surface area contributed by atoms with Crippen LogP contribution < -0.4 is 0 Å². The van der Waals surface area contributed by atoms with Crippen molar-refractivity contribution in [3.05, 3.63) is 66.4 Å². The van der Waals surface area contributed by atoms with E-state index in [-0.39, 0.29) is 11.4 Å². The summed E-state index contributed by atoms with van der Waals surface area (Å²) in [6.07, 6.45) is 5.13. The van der Waals surface area contributed by atoms with Crippen molar-refractivity contribution in [1.82, 2.24) is 19.2 Å². The summed E-state index contributed by atoms with van der Waals surface area (Å²) >= 11 is 0. The van der Waals surface area contributed by atoms with Crippen molar-refractivity contribution in [3.63, 3.8) is 0 Å². The van der Waals surface area contributed by atoms with Crippen molar-refractivity contribution in [3.8, 4) is 16.9 Å². The van der Waals surface area contributed by atoms with Gasteiger partial charge in [0.05, 0.1) is 11.4 Å². The second-order valence-electron chi connectivity index (χ2n) is 8.18. The zero-order valence-corrected chi connectivity index (χ0v) is 19.3. The highest BCUT2D eigenvalue weighted by Crippen LogP contribution is 2.28. The molecule has 0 bridgehead atoms. The minimum absolute atomic E-state index is 0.0258. The number of aromatic nitrogens is 2. The number of hydrogen-bond acceptors (Lipinski definition) is 5. The molecule has 0 aliphatic carbocycles. The number of pyridine rings is 1. The van der Waals surface area contributed by atoms with Crippen LogP contribution in [-0.4, -0.2) is 68.6 Å². The number of fused-ring (bicyclic) bond motifs is 1. The van der Waals surface area contributed by atoms with E-state index in [0.29, 0.717) is 22.4 Å². The van der Waals surface area contributed by atoms with E-state index in [1.54, 1.807) is 35.0 Å². The monoisotopic (exact) mass is 448 g/mol. The van der Waals surface area contributed by atoms with Crippen LogP contribution in [0.5, 0.6) is 5.75 Å². The molecule has 1 fully saturated rings. The largest absolute Gasteiger partial charge is 0.507 e. The predicted molar refractivity (Wildman–Crippen MR) is 131 cm³/mol. The van der Waals surface area contributed by atoms with Crippen LogP contribution in [0.2, 0.25) is 0 Å². The third kappa shape index (κ3) is 4.80. The number of phenolic OH excluding ortho intramolecular Hbond substituents is 1. The Morgan fingerprint density at radius 1 is 1.15 bits per heavy atom.